The van der Waals surface area contributed by atoms with Gasteiger partial charge in [0.05, 0.1) is 49.4 Å². The van der Waals surface area contributed by atoms with Crippen LogP contribution < -0.4 is 20.3 Å². The molecule has 0 saturated heterocycles. The second kappa shape index (κ2) is 11.2. The first-order chi connectivity index (χ1) is 19.9. The van der Waals surface area contributed by atoms with Crippen molar-refractivity contribution < 1.29 is 19.0 Å². The minimum absolute atomic E-state index is 0.0262. The van der Waals surface area contributed by atoms with Crippen LogP contribution >= 0.6 is 23.1 Å². The summed E-state index contributed by atoms with van der Waals surface area (Å²) < 4.78 is 20.3. The average Bonchev–Trinajstić information content (AvgIpc) is 3.58. The van der Waals surface area contributed by atoms with Crippen LogP contribution in [0.15, 0.2) is 58.5 Å². The number of amides is 1. The third-order valence-electron chi connectivity index (χ3n) is 7.13. The zero-order valence-electron chi connectivity index (χ0n) is 23.0. The van der Waals surface area contributed by atoms with Gasteiger partial charge in [0.15, 0.2) is 5.16 Å². The summed E-state index contributed by atoms with van der Waals surface area (Å²) in [4.78, 5) is 28.9. The van der Waals surface area contributed by atoms with Gasteiger partial charge < -0.3 is 19.5 Å². The molecule has 0 radical (unpaired) electrons. The van der Waals surface area contributed by atoms with Crippen molar-refractivity contribution >= 4 is 50.7 Å². The molecule has 5 aromatic rings. The van der Waals surface area contributed by atoms with Crippen molar-refractivity contribution in [3.05, 3.63) is 69.3 Å². The number of hydrogen-bond donors (Lipinski definition) is 1. The Morgan fingerprint density at radius 1 is 1.15 bits per heavy atom. The highest BCUT2D eigenvalue weighted by Crippen LogP contribution is 2.37. The molecule has 1 atom stereocenters. The number of nitrogens with zero attached hydrogens (tertiary/aromatic N) is 4. The number of ether oxygens (including phenoxy) is 3. The molecule has 1 aliphatic rings. The summed E-state index contributed by atoms with van der Waals surface area (Å²) in [5, 5.41) is 12.9. The summed E-state index contributed by atoms with van der Waals surface area (Å²) in [6.45, 7) is 4.71. The molecule has 0 aliphatic carbocycles. The molecule has 0 spiro atoms. The second-order valence-corrected chi connectivity index (χ2v) is 12.0. The van der Waals surface area contributed by atoms with Gasteiger partial charge in [0, 0.05) is 11.3 Å². The zero-order valence-corrected chi connectivity index (χ0v) is 24.7. The van der Waals surface area contributed by atoms with Crippen LogP contribution in [-0.2, 0) is 22.6 Å². The van der Waals surface area contributed by atoms with Crippen LogP contribution in [-0.4, -0.2) is 51.1 Å². The summed E-state index contributed by atoms with van der Waals surface area (Å²) in [7, 11) is 3.16. The lowest BCUT2D eigenvalue weighted by molar-refractivity contribution is -0.113. The summed E-state index contributed by atoms with van der Waals surface area (Å²) in [6.07, 6.45) is 0.681. The van der Waals surface area contributed by atoms with E-state index in [2.05, 4.69) is 29.4 Å². The predicted octanol–water partition coefficient (Wildman–Crippen LogP) is 4.94. The van der Waals surface area contributed by atoms with Gasteiger partial charge in [-0.1, -0.05) is 37.7 Å². The SMILES string of the molecule is COc1ccc(-n2c(=O)c3c4c(sc3n3c(SCC(=O)Nc5ccccc5OC)nnc23)CO[C@H](C(C)C)C4)cc1. The summed E-state index contributed by atoms with van der Waals surface area (Å²) in [5.41, 5.74) is 2.10. The quantitative estimate of drug-likeness (QED) is 0.253. The molecule has 10 nitrogen and oxygen atoms in total. The molecule has 0 fully saturated rings. The summed E-state index contributed by atoms with van der Waals surface area (Å²) in [6, 6.07) is 14.5. The maximum absolute atomic E-state index is 14.2. The van der Waals surface area contributed by atoms with E-state index in [9.17, 15) is 9.59 Å². The number of carbonyl (C=O) groups excluding carboxylic acids is 1. The molecule has 0 unspecified atom stereocenters. The Bertz CT molecular complexity index is 1810. The van der Waals surface area contributed by atoms with E-state index in [-0.39, 0.29) is 23.3 Å². The zero-order chi connectivity index (χ0) is 28.7. The maximum atomic E-state index is 14.2. The summed E-state index contributed by atoms with van der Waals surface area (Å²) >= 11 is 2.78. The van der Waals surface area contributed by atoms with E-state index in [4.69, 9.17) is 14.2 Å². The van der Waals surface area contributed by atoms with Gasteiger partial charge in [-0.2, -0.15) is 0 Å². The Morgan fingerprint density at radius 3 is 2.66 bits per heavy atom. The Morgan fingerprint density at radius 2 is 1.93 bits per heavy atom. The Labute approximate surface area is 244 Å². The fourth-order valence-electron chi connectivity index (χ4n) is 4.99. The van der Waals surface area contributed by atoms with Crippen molar-refractivity contribution in [1.29, 1.82) is 0 Å². The van der Waals surface area contributed by atoms with Crippen LogP contribution in [0.25, 0.3) is 21.7 Å². The van der Waals surface area contributed by atoms with Crippen molar-refractivity contribution in [2.45, 2.75) is 38.1 Å². The van der Waals surface area contributed by atoms with E-state index in [0.29, 0.717) is 58.1 Å². The third kappa shape index (κ3) is 4.96. The van der Waals surface area contributed by atoms with Crippen LogP contribution in [0.2, 0.25) is 0 Å². The first-order valence-corrected chi connectivity index (χ1v) is 15.0. The lowest BCUT2D eigenvalue weighted by atomic mass is 9.96. The van der Waals surface area contributed by atoms with Gasteiger partial charge in [-0.05, 0) is 47.9 Å². The van der Waals surface area contributed by atoms with Crippen molar-refractivity contribution in [3.8, 4) is 17.2 Å². The van der Waals surface area contributed by atoms with Crippen molar-refractivity contribution in [1.82, 2.24) is 19.2 Å². The highest BCUT2D eigenvalue weighted by molar-refractivity contribution is 7.99. The van der Waals surface area contributed by atoms with Crippen LogP contribution in [0.5, 0.6) is 11.5 Å². The Balaban J connectivity index is 1.45. The molecule has 1 aliphatic heterocycles. The van der Waals surface area contributed by atoms with Gasteiger partial charge in [0.25, 0.3) is 5.56 Å². The van der Waals surface area contributed by atoms with E-state index in [1.807, 2.05) is 40.8 Å². The van der Waals surface area contributed by atoms with Crippen LogP contribution in [0, 0.1) is 5.92 Å². The molecular weight excluding hydrogens is 562 g/mol. The highest BCUT2D eigenvalue weighted by atomic mass is 32.2. The molecule has 12 heteroatoms. The molecule has 41 heavy (non-hydrogen) atoms. The molecule has 1 N–H and O–H groups in total. The number of benzene rings is 2. The number of anilines is 1. The number of rotatable bonds is 8. The molecule has 2 aromatic carbocycles. The van der Waals surface area contributed by atoms with Crippen molar-refractivity contribution in [3.63, 3.8) is 0 Å². The number of nitrogens with one attached hydrogen (secondary N) is 1. The fraction of sp³-hybridized carbons (Fsp3) is 0.310. The minimum Gasteiger partial charge on any atom is -0.497 e. The van der Waals surface area contributed by atoms with E-state index in [1.54, 1.807) is 30.9 Å². The van der Waals surface area contributed by atoms with Gasteiger partial charge >= 0.3 is 0 Å². The number of para-hydroxylation sites is 2. The number of thiophene rings is 1. The standard InChI is InChI=1S/C29H29N5O5S2/c1-16(2)22-13-19-23(14-39-22)41-27-25(19)26(36)33(17-9-11-18(37-3)12-10-17)28-31-32-29(34(27)28)40-15-24(35)30-20-7-5-6-8-21(20)38-4/h5-12,16,22H,13-15H2,1-4H3,(H,30,35)/t22-/m0/s1. The minimum atomic E-state index is -0.213. The Kier molecular flexibility index (Phi) is 7.45. The number of thioether (sulfide) groups is 1. The number of aromatic nitrogens is 4. The third-order valence-corrected chi connectivity index (χ3v) is 9.25. The van der Waals surface area contributed by atoms with Gasteiger partial charge in [0.1, 0.15) is 16.3 Å². The largest absolute Gasteiger partial charge is 0.497 e. The van der Waals surface area contributed by atoms with Gasteiger partial charge in [-0.3, -0.25) is 9.59 Å². The normalized spacial score (nSPS) is 14.9. The lowest BCUT2D eigenvalue weighted by Gasteiger charge is -2.26. The van der Waals surface area contributed by atoms with Crippen LogP contribution in [0.1, 0.15) is 24.3 Å². The first-order valence-electron chi connectivity index (χ1n) is 13.2. The van der Waals surface area contributed by atoms with Crippen LogP contribution in [0.4, 0.5) is 5.69 Å². The maximum Gasteiger partial charge on any atom is 0.268 e. The van der Waals surface area contributed by atoms with E-state index in [1.165, 1.54) is 23.1 Å². The number of methoxy groups -OCH3 is 2. The number of hydrogen-bond acceptors (Lipinski definition) is 9. The molecule has 0 saturated carbocycles. The molecule has 6 rings (SSSR count). The fourth-order valence-corrected chi connectivity index (χ4v) is 7.02. The van der Waals surface area contributed by atoms with Crippen LogP contribution in [0.3, 0.4) is 0 Å². The molecular formula is C29H29N5O5S2. The first kappa shape index (κ1) is 27.3. The van der Waals surface area contributed by atoms with Gasteiger partial charge in [0.2, 0.25) is 11.7 Å². The lowest BCUT2D eigenvalue weighted by Crippen LogP contribution is -2.28. The van der Waals surface area contributed by atoms with Gasteiger partial charge in [-0.25, -0.2) is 8.97 Å². The monoisotopic (exact) mass is 591 g/mol. The molecule has 3 aromatic heterocycles. The summed E-state index contributed by atoms with van der Waals surface area (Å²) in [5.74, 6) is 1.83. The highest BCUT2D eigenvalue weighted by Gasteiger charge is 2.30. The predicted molar refractivity (Wildman–Crippen MR) is 160 cm³/mol. The topological polar surface area (TPSA) is 109 Å². The molecule has 0 bridgehead atoms. The van der Waals surface area contributed by atoms with E-state index < -0.39 is 0 Å². The molecule has 4 heterocycles. The second-order valence-electron chi connectivity index (χ2n) is 9.98. The number of fused-ring (bicyclic) bond motifs is 5. The van der Waals surface area contributed by atoms with Crippen molar-refractivity contribution in [2.75, 3.05) is 25.3 Å². The smallest absolute Gasteiger partial charge is 0.268 e. The average molecular weight is 592 g/mol. The van der Waals surface area contributed by atoms with E-state index >= 15 is 0 Å². The number of carbonyl (C=O) groups is 1. The molecule has 212 valence electrons. The van der Waals surface area contributed by atoms with Crippen molar-refractivity contribution in [2.24, 2.45) is 5.92 Å². The van der Waals surface area contributed by atoms with Gasteiger partial charge in [-0.15, -0.1) is 21.5 Å². The Hall–Kier alpha value is -3.87. The van der Waals surface area contributed by atoms with E-state index in [0.717, 1.165) is 15.3 Å². The molecule has 1 amide bonds.